The standard InChI is InChI=1S/C21H27N5O5/c1-4-5-15-19(27)26(21(28)31-15)12-6-8-25(9-7-12)20-23-14-11-17(30-3)16(29-2)10-13(14)18(22)24-20/h10-12,15H,4-9H2,1-3H3,(H2,22,23,24). The van der Waals surface area contributed by atoms with E-state index >= 15 is 0 Å². The number of methoxy groups -OCH3 is 2. The molecule has 2 aliphatic rings. The van der Waals surface area contributed by atoms with Crippen LogP contribution in [-0.4, -0.2) is 66.3 Å². The number of aromatic nitrogens is 2. The van der Waals surface area contributed by atoms with Gasteiger partial charge in [-0.3, -0.25) is 4.79 Å². The van der Waals surface area contributed by atoms with Crippen molar-refractivity contribution in [2.24, 2.45) is 0 Å². The molecule has 166 valence electrons. The number of fused-ring (bicyclic) bond motifs is 1. The topological polar surface area (TPSA) is 120 Å². The summed E-state index contributed by atoms with van der Waals surface area (Å²) in [5, 5.41) is 0.684. The number of benzene rings is 1. The number of anilines is 2. The number of rotatable bonds is 6. The molecule has 3 heterocycles. The Bertz CT molecular complexity index is 1010. The summed E-state index contributed by atoms with van der Waals surface area (Å²) in [4.78, 5) is 37.2. The highest BCUT2D eigenvalue weighted by Gasteiger charge is 2.44. The summed E-state index contributed by atoms with van der Waals surface area (Å²) in [6.07, 6.45) is 1.39. The minimum atomic E-state index is -0.647. The molecule has 0 bridgehead atoms. The molecule has 2 aromatic rings. The van der Waals surface area contributed by atoms with Gasteiger partial charge in [-0.2, -0.15) is 4.98 Å². The van der Waals surface area contributed by atoms with Crippen LogP contribution in [0.2, 0.25) is 0 Å². The number of piperidine rings is 1. The predicted molar refractivity (Wildman–Crippen MR) is 114 cm³/mol. The number of nitrogen functional groups attached to an aromatic ring is 1. The SMILES string of the molecule is CCCC1OC(=O)N(C2CCN(c3nc(N)c4cc(OC)c(OC)cc4n3)CC2)C1=O. The van der Waals surface area contributed by atoms with E-state index in [0.29, 0.717) is 66.5 Å². The average molecular weight is 429 g/mol. The van der Waals surface area contributed by atoms with Crippen molar-refractivity contribution in [2.45, 2.75) is 44.8 Å². The quantitative estimate of drug-likeness (QED) is 0.737. The number of ether oxygens (including phenoxy) is 3. The second-order valence-electron chi connectivity index (χ2n) is 7.72. The van der Waals surface area contributed by atoms with Crippen LogP contribution in [-0.2, 0) is 9.53 Å². The molecule has 1 atom stereocenters. The molecule has 0 radical (unpaired) electrons. The van der Waals surface area contributed by atoms with Crippen LogP contribution in [0.15, 0.2) is 12.1 Å². The molecule has 2 saturated heterocycles. The van der Waals surface area contributed by atoms with Crippen molar-refractivity contribution in [3.05, 3.63) is 12.1 Å². The van der Waals surface area contributed by atoms with Crippen LogP contribution in [0.25, 0.3) is 10.9 Å². The molecular formula is C21H27N5O5. The Hall–Kier alpha value is -3.30. The van der Waals surface area contributed by atoms with Gasteiger partial charge in [0, 0.05) is 30.6 Å². The first-order chi connectivity index (χ1) is 15.0. The number of hydrogen-bond donors (Lipinski definition) is 1. The lowest BCUT2D eigenvalue weighted by Gasteiger charge is -2.34. The lowest BCUT2D eigenvalue weighted by molar-refractivity contribution is -0.131. The van der Waals surface area contributed by atoms with Gasteiger partial charge in [-0.15, -0.1) is 0 Å². The zero-order valence-electron chi connectivity index (χ0n) is 18.0. The van der Waals surface area contributed by atoms with Gasteiger partial charge in [0.05, 0.1) is 19.7 Å². The van der Waals surface area contributed by atoms with Crippen molar-refractivity contribution in [3.63, 3.8) is 0 Å². The van der Waals surface area contributed by atoms with Crippen molar-refractivity contribution in [1.29, 1.82) is 0 Å². The van der Waals surface area contributed by atoms with Crippen LogP contribution >= 0.6 is 0 Å². The van der Waals surface area contributed by atoms with E-state index in [-0.39, 0.29) is 11.9 Å². The Morgan fingerprint density at radius 2 is 1.81 bits per heavy atom. The number of amides is 2. The van der Waals surface area contributed by atoms with E-state index in [1.165, 1.54) is 4.90 Å². The summed E-state index contributed by atoms with van der Waals surface area (Å²) >= 11 is 0. The third kappa shape index (κ3) is 3.77. The summed E-state index contributed by atoms with van der Waals surface area (Å²) in [6.45, 7) is 3.15. The second kappa shape index (κ2) is 8.44. The van der Waals surface area contributed by atoms with Gasteiger partial charge in [0.15, 0.2) is 17.6 Å². The normalized spacial score (nSPS) is 19.8. The maximum Gasteiger partial charge on any atom is 0.417 e. The van der Waals surface area contributed by atoms with Crippen molar-refractivity contribution >= 4 is 34.7 Å². The van der Waals surface area contributed by atoms with Crippen molar-refractivity contribution in [1.82, 2.24) is 14.9 Å². The fourth-order valence-electron chi connectivity index (χ4n) is 4.18. The first kappa shape index (κ1) is 21.0. The fourth-order valence-corrected chi connectivity index (χ4v) is 4.18. The van der Waals surface area contributed by atoms with E-state index in [0.717, 1.165) is 6.42 Å². The minimum Gasteiger partial charge on any atom is -0.493 e. The number of nitrogens with two attached hydrogens (primary N) is 1. The van der Waals surface area contributed by atoms with Gasteiger partial charge in [0.25, 0.3) is 5.91 Å². The Kier molecular flexibility index (Phi) is 5.71. The monoisotopic (exact) mass is 429 g/mol. The molecule has 1 aromatic carbocycles. The molecule has 2 N–H and O–H groups in total. The van der Waals surface area contributed by atoms with Crippen LogP contribution in [0.5, 0.6) is 11.5 Å². The summed E-state index contributed by atoms with van der Waals surface area (Å²) < 4.78 is 16.0. The number of nitrogens with zero attached hydrogens (tertiary/aromatic N) is 4. The van der Waals surface area contributed by atoms with Crippen LogP contribution in [0.3, 0.4) is 0 Å². The summed E-state index contributed by atoms with van der Waals surface area (Å²) in [6, 6.07) is 3.35. The van der Waals surface area contributed by atoms with Gasteiger partial charge in [-0.05, 0) is 25.3 Å². The summed E-state index contributed by atoms with van der Waals surface area (Å²) in [7, 11) is 3.13. The molecule has 1 unspecified atom stereocenters. The van der Waals surface area contributed by atoms with E-state index in [1.807, 2.05) is 11.8 Å². The predicted octanol–water partition coefficient (Wildman–Crippen LogP) is 2.35. The molecule has 0 aliphatic carbocycles. The van der Waals surface area contributed by atoms with E-state index in [4.69, 9.17) is 19.9 Å². The average Bonchev–Trinajstić information content (AvgIpc) is 3.06. The van der Waals surface area contributed by atoms with Crippen LogP contribution in [0, 0.1) is 0 Å². The maximum absolute atomic E-state index is 12.6. The van der Waals surface area contributed by atoms with Crippen molar-refractivity contribution in [2.75, 3.05) is 37.9 Å². The molecule has 10 nitrogen and oxygen atoms in total. The summed E-state index contributed by atoms with van der Waals surface area (Å²) in [5.74, 6) is 1.75. The first-order valence-electron chi connectivity index (χ1n) is 10.4. The highest BCUT2D eigenvalue weighted by Crippen LogP contribution is 2.34. The number of hydrogen-bond acceptors (Lipinski definition) is 9. The van der Waals surface area contributed by atoms with Crippen molar-refractivity contribution < 1.29 is 23.8 Å². The molecule has 10 heteroatoms. The zero-order valence-corrected chi connectivity index (χ0v) is 18.0. The Morgan fingerprint density at radius 3 is 2.45 bits per heavy atom. The highest BCUT2D eigenvalue weighted by molar-refractivity contribution is 6.00. The van der Waals surface area contributed by atoms with Gasteiger partial charge < -0.3 is 24.8 Å². The number of carbonyl (C=O) groups is 2. The van der Waals surface area contributed by atoms with Crippen LogP contribution in [0.4, 0.5) is 16.6 Å². The van der Waals surface area contributed by atoms with Gasteiger partial charge in [-0.25, -0.2) is 14.7 Å². The highest BCUT2D eigenvalue weighted by atomic mass is 16.6. The molecule has 4 rings (SSSR count). The molecule has 1 aromatic heterocycles. The van der Waals surface area contributed by atoms with Crippen LogP contribution < -0.4 is 20.1 Å². The van der Waals surface area contributed by atoms with Gasteiger partial charge in [0.1, 0.15) is 5.82 Å². The Balaban J connectivity index is 1.51. The molecule has 2 amide bonds. The van der Waals surface area contributed by atoms with Gasteiger partial charge in [0.2, 0.25) is 5.95 Å². The lowest BCUT2D eigenvalue weighted by Crippen LogP contribution is -2.48. The third-order valence-corrected chi connectivity index (χ3v) is 5.83. The smallest absolute Gasteiger partial charge is 0.417 e. The number of imide groups is 1. The summed E-state index contributed by atoms with van der Waals surface area (Å²) in [5.41, 5.74) is 6.85. The molecule has 2 aliphatic heterocycles. The van der Waals surface area contributed by atoms with Gasteiger partial charge >= 0.3 is 6.09 Å². The largest absolute Gasteiger partial charge is 0.493 e. The van der Waals surface area contributed by atoms with E-state index in [1.54, 1.807) is 26.4 Å². The number of cyclic esters (lactones) is 1. The first-order valence-corrected chi connectivity index (χ1v) is 10.4. The Morgan fingerprint density at radius 1 is 1.13 bits per heavy atom. The maximum atomic E-state index is 12.6. The van der Waals surface area contributed by atoms with Gasteiger partial charge in [-0.1, -0.05) is 13.3 Å². The lowest BCUT2D eigenvalue weighted by atomic mass is 10.0. The molecule has 31 heavy (non-hydrogen) atoms. The molecule has 0 spiro atoms. The molecule has 0 saturated carbocycles. The zero-order chi connectivity index (χ0) is 22.1. The third-order valence-electron chi connectivity index (χ3n) is 5.83. The van der Waals surface area contributed by atoms with E-state index < -0.39 is 12.2 Å². The minimum absolute atomic E-state index is 0.180. The Labute approximate surface area is 180 Å². The van der Waals surface area contributed by atoms with E-state index in [9.17, 15) is 9.59 Å². The van der Waals surface area contributed by atoms with Crippen LogP contribution in [0.1, 0.15) is 32.6 Å². The number of carbonyl (C=O) groups excluding carboxylic acids is 2. The molecule has 2 fully saturated rings. The molecular weight excluding hydrogens is 402 g/mol. The van der Waals surface area contributed by atoms with E-state index in [2.05, 4.69) is 9.97 Å². The second-order valence-corrected chi connectivity index (χ2v) is 7.72. The van der Waals surface area contributed by atoms with Crippen molar-refractivity contribution in [3.8, 4) is 11.5 Å². The fraction of sp³-hybridized carbons (Fsp3) is 0.524.